The second-order valence-electron chi connectivity index (χ2n) is 6.67. The number of carbonyl (C=O) groups is 1. The van der Waals surface area contributed by atoms with Crippen LogP contribution in [0.3, 0.4) is 0 Å². The van der Waals surface area contributed by atoms with Gasteiger partial charge in [0.1, 0.15) is 5.82 Å². The fourth-order valence-corrected chi connectivity index (χ4v) is 4.01. The van der Waals surface area contributed by atoms with Crippen molar-refractivity contribution in [1.82, 2.24) is 14.1 Å². The van der Waals surface area contributed by atoms with E-state index < -0.39 is 15.9 Å². The minimum atomic E-state index is -3.73. The summed E-state index contributed by atoms with van der Waals surface area (Å²) in [6.07, 6.45) is 2.57. The van der Waals surface area contributed by atoms with Crippen LogP contribution in [0.4, 0.5) is 5.82 Å². The summed E-state index contributed by atoms with van der Waals surface area (Å²) in [5.41, 5.74) is 2.32. The first-order valence-electron chi connectivity index (χ1n) is 9.31. The number of benzene rings is 2. The number of rotatable bonds is 8. The summed E-state index contributed by atoms with van der Waals surface area (Å²) in [5.74, 6) is 0.0789. The standard InChI is InChI=1S/C21H24N4O3S/c1-3-17-9-11-18(12-10-17)15-25-20(13-14-22-25)23-21(26)16-24(2)29(27,28)19-7-5-4-6-8-19/h4-14H,3,15-16H2,1-2H3,(H,23,26). The van der Waals surface area contributed by atoms with Gasteiger partial charge in [-0.1, -0.05) is 49.4 Å². The Kier molecular flexibility index (Phi) is 6.46. The number of aromatic nitrogens is 2. The molecule has 2 aromatic carbocycles. The first kappa shape index (κ1) is 20.8. The topological polar surface area (TPSA) is 84.3 Å². The van der Waals surface area contributed by atoms with Gasteiger partial charge in [0.15, 0.2) is 0 Å². The average molecular weight is 413 g/mol. The molecule has 1 heterocycles. The third-order valence-electron chi connectivity index (χ3n) is 4.57. The summed E-state index contributed by atoms with van der Waals surface area (Å²) in [5, 5.41) is 7.00. The van der Waals surface area contributed by atoms with Crippen molar-refractivity contribution in [3.8, 4) is 0 Å². The number of hydrogen-bond donors (Lipinski definition) is 1. The number of hydrogen-bond acceptors (Lipinski definition) is 4. The minimum absolute atomic E-state index is 0.149. The Morgan fingerprint density at radius 1 is 1.03 bits per heavy atom. The molecule has 7 nitrogen and oxygen atoms in total. The van der Waals surface area contributed by atoms with Crippen molar-refractivity contribution < 1.29 is 13.2 Å². The van der Waals surface area contributed by atoms with Crippen LogP contribution in [0.1, 0.15) is 18.1 Å². The molecule has 1 N–H and O–H groups in total. The van der Waals surface area contributed by atoms with Crippen LogP contribution in [0.25, 0.3) is 0 Å². The van der Waals surface area contributed by atoms with Gasteiger partial charge in [-0.05, 0) is 29.7 Å². The second-order valence-corrected chi connectivity index (χ2v) is 8.71. The highest BCUT2D eigenvalue weighted by Gasteiger charge is 2.23. The molecule has 29 heavy (non-hydrogen) atoms. The molecular weight excluding hydrogens is 388 g/mol. The Labute approximate surface area is 171 Å². The number of nitrogens with zero attached hydrogens (tertiary/aromatic N) is 3. The highest BCUT2D eigenvalue weighted by atomic mass is 32.2. The van der Waals surface area contributed by atoms with Crippen molar-refractivity contribution in [1.29, 1.82) is 0 Å². The summed E-state index contributed by atoms with van der Waals surface area (Å²) >= 11 is 0. The molecule has 0 aliphatic rings. The normalized spacial score (nSPS) is 11.6. The van der Waals surface area contributed by atoms with E-state index in [0.29, 0.717) is 12.4 Å². The zero-order valence-corrected chi connectivity index (χ0v) is 17.3. The van der Waals surface area contributed by atoms with Crippen LogP contribution in [-0.4, -0.2) is 42.0 Å². The lowest BCUT2D eigenvalue weighted by atomic mass is 10.1. The van der Waals surface area contributed by atoms with Crippen molar-refractivity contribution >= 4 is 21.7 Å². The molecule has 8 heteroatoms. The maximum Gasteiger partial charge on any atom is 0.243 e. The fourth-order valence-electron chi connectivity index (χ4n) is 2.86. The zero-order chi connectivity index (χ0) is 20.9. The van der Waals surface area contributed by atoms with Gasteiger partial charge >= 0.3 is 0 Å². The van der Waals surface area contributed by atoms with Gasteiger partial charge in [0.2, 0.25) is 15.9 Å². The highest BCUT2D eigenvalue weighted by molar-refractivity contribution is 7.89. The van der Waals surface area contributed by atoms with E-state index in [4.69, 9.17) is 0 Å². The average Bonchev–Trinajstić information content (AvgIpc) is 3.15. The summed E-state index contributed by atoms with van der Waals surface area (Å²) < 4.78 is 27.8. The van der Waals surface area contributed by atoms with Gasteiger partial charge in [-0.2, -0.15) is 9.40 Å². The van der Waals surface area contributed by atoms with Gasteiger partial charge in [0.05, 0.1) is 24.2 Å². The Bertz CT molecular complexity index is 1060. The molecular formula is C21H24N4O3S. The van der Waals surface area contributed by atoms with E-state index in [9.17, 15) is 13.2 Å². The number of aryl methyl sites for hydroxylation is 1. The molecule has 3 aromatic rings. The van der Waals surface area contributed by atoms with Gasteiger partial charge in [-0.25, -0.2) is 13.1 Å². The monoisotopic (exact) mass is 412 g/mol. The summed E-state index contributed by atoms with van der Waals surface area (Å²) in [7, 11) is -2.34. The fraction of sp³-hybridized carbons (Fsp3) is 0.238. The summed E-state index contributed by atoms with van der Waals surface area (Å²) in [6.45, 7) is 2.31. The molecule has 0 bridgehead atoms. The molecule has 0 unspecified atom stereocenters. The van der Waals surface area contributed by atoms with Gasteiger partial charge in [-0.3, -0.25) is 4.79 Å². The van der Waals surface area contributed by atoms with Crippen molar-refractivity contribution in [2.24, 2.45) is 0 Å². The number of sulfonamides is 1. The van der Waals surface area contributed by atoms with Crippen LogP contribution in [0, 0.1) is 0 Å². The molecule has 0 atom stereocenters. The minimum Gasteiger partial charge on any atom is -0.310 e. The molecule has 0 aliphatic heterocycles. The SMILES string of the molecule is CCc1ccc(Cn2nccc2NC(=O)CN(C)S(=O)(=O)c2ccccc2)cc1. The molecule has 1 aromatic heterocycles. The lowest BCUT2D eigenvalue weighted by Gasteiger charge is -2.17. The summed E-state index contributed by atoms with van der Waals surface area (Å²) in [6, 6.07) is 17.9. The van der Waals surface area contributed by atoms with E-state index >= 15 is 0 Å². The first-order valence-corrected chi connectivity index (χ1v) is 10.7. The van der Waals surface area contributed by atoms with E-state index in [2.05, 4.69) is 29.5 Å². The predicted molar refractivity (Wildman–Crippen MR) is 112 cm³/mol. The molecule has 1 amide bonds. The molecule has 152 valence electrons. The number of likely N-dealkylation sites (N-methyl/N-ethyl adjacent to an activating group) is 1. The van der Waals surface area contributed by atoms with E-state index in [1.54, 1.807) is 35.1 Å². The van der Waals surface area contributed by atoms with Crippen LogP contribution < -0.4 is 5.32 Å². The molecule has 0 fully saturated rings. The van der Waals surface area contributed by atoms with Crippen molar-refractivity contribution in [2.75, 3.05) is 18.9 Å². The Morgan fingerprint density at radius 2 is 1.69 bits per heavy atom. The lowest BCUT2D eigenvalue weighted by Crippen LogP contribution is -2.35. The molecule has 0 aliphatic carbocycles. The van der Waals surface area contributed by atoms with Crippen LogP contribution in [0.15, 0.2) is 71.8 Å². The molecule has 0 radical (unpaired) electrons. The maximum absolute atomic E-state index is 12.6. The quantitative estimate of drug-likeness (QED) is 0.617. The van der Waals surface area contributed by atoms with Crippen LogP contribution in [0.2, 0.25) is 0 Å². The number of amides is 1. The number of anilines is 1. The Balaban J connectivity index is 1.65. The lowest BCUT2D eigenvalue weighted by molar-refractivity contribution is -0.116. The molecule has 0 saturated heterocycles. The maximum atomic E-state index is 12.6. The van der Waals surface area contributed by atoms with E-state index in [1.165, 1.54) is 24.7 Å². The van der Waals surface area contributed by atoms with Crippen LogP contribution in [0.5, 0.6) is 0 Å². The van der Waals surface area contributed by atoms with Crippen molar-refractivity contribution in [2.45, 2.75) is 24.8 Å². The van der Waals surface area contributed by atoms with Gasteiger partial charge in [-0.15, -0.1) is 0 Å². The van der Waals surface area contributed by atoms with Crippen molar-refractivity contribution in [3.63, 3.8) is 0 Å². The smallest absolute Gasteiger partial charge is 0.243 e. The molecule has 0 saturated carbocycles. The molecule has 0 spiro atoms. The van der Waals surface area contributed by atoms with Crippen LogP contribution in [-0.2, 0) is 27.8 Å². The van der Waals surface area contributed by atoms with Gasteiger partial charge in [0, 0.05) is 13.1 Å². The zero-order valence-electron chi connectivity index (χ0n) is 16.4. The number of nitrogens with one attached hydrogen (secondary N) is 1. The second kappa shape index (κ2) is 9.02. The Morgan fingerprint density at radius 3 is 2.34 bits per heavy atom. The third-order valence-corrected chi connectivity index (χ3v) is 6.38. The van der Waals surface area contributed by atoms with E-state index in [0.717, 1.165) is 16.3 Å². The predicted octanol–water partition coefficient (Wildman–Crippen LogP) is 2.75. The van der Waals surface area contributed by atoms with Crippen molar-refractivity contribution in [3.05, 3.63) is 78.0 Å². The highest BCUT2D eigenvalue weighted by Crippen LogP contribution is 2.15. The van der Waals surface area contributed by atoms with Crippen LogP contribution >= 0.6 is 0 Å². The van der Waals surface area contributed by atoms with E-state index in [-0.39, 0.29) is 11.4 Å². The number of carbonyl (C=O) groups excluding carboxylic acids is 1. The van der Waals surface area contributed by atoms with Gasteiger partial charge < -0.3 is 5.32 Å². The third kappa shape index (κ3) is 5.10. The first-order chi connectivity index (χ1) is 13.9. The summed E-state index contributed by atoms with van der Waals surface area (Å²) in [4.78, 5) is 12.6. The van der Waals surface area contributed by atoms with E-state index in [1.807, 2.05) is 12.1 Å². The molecule has 3 rings (SSSR count). The van der Waals surface area contributed by atoms with Gasteiger partial charge in [0.25, 0.3) is 0 Å². The Hall–Kier alpha value is -2.97. The largest absolute Gasteiger partial charge is 0.310 e.